The molecule has 0 aromatic carbocycles. The van der Waals surface area contributed by atoms with Crippen molar-refractivity contribution >= 4 is 30.0 Å². The molecule has 236 valence electrons. The molecule has 43 heavy (non-hydrogen) atoms. The van der Waals surface area contributed by atoms with Crippen molar-refractivity contribution in [2.45, 2.75) is 103 Å². The molecule has 0 bridgehead atoms. The fraction of sp³-hybridized carbons (Fsp3) is 0.667. The summed E-state index contributed by atoms with van der Waals surface area (Å²) < 4.78 is 17.2. The van der Waals surface area contributed by atoms with Gasteiger partial charge in [0, 0.05) is 12.3 Å². The van der Waals surface area contributed by atoms with Crippen molar-refractivity contribution in [2.75, 3.05) is 6.61 Å². The maximum Gasteiger partial charge on any atom is 0.323 e. The third kappa shape index (κ3) is 8.07. The van der Waals surface area contributed by atoms with Gasteiger partial charge in [-0.25, -0.2) is 4.99 Å². The molecule has 6 N–H and O–H groups in total. The summed E-state index contributed by atoms with van der Waals surface area (Å²) in [6.07, 6.45) is 2.53. The van der Waals surface area contributed by atoms with Crippen LogP contribution in [0.1, 0.15) is 84.0 Å². The summed E-state index contributed by atoms with van der Waals surface area (Å²) in [6.45, 7) is 6.73. The Morgan fingerprint density at radius 3 is 2.60 bits per heavy atom. The number of nitriles is 1. The van der Waals surface area contributed by atoms with Gasteiger partial charge in [-0.1, -0.05) is 47.0 Å². The first kappa shape index (κ1) is 33.9. The van der Waals surface area contributed by atoms with Gasteiger partial charge in [0.1, 0.15) is 37.3 Å². The molecule has 1 aromatic rings. The second-order valence-electron chi connectivity index (χ2n) is 11.7. The molecule has 2 fully saturated rings. The minimum absolute atomic E-state index is 0.0335. The van der Waals surface area contributed by atoms with Crippen molar-refractivity contribution in [1.29, 1.82) is 10.7 Å². The molecule has 1 aliphatic heterocycles. The Hall–Kier alpha value is -3.60. The molecule has 1 saturated heterocycles. The van der Waals surface area contributed by atoms with E-state index in [1.54, 1.807) is 20.8 Å². The van der Waals surface area contributed by atoms with Gasteiger partial charge in [-0.15, -0.1) is 0 Å². The number of esters is 2. The first-order chi connectivity index (χ1) is 20.5. The van der Waals surface area contributed by atoms with E-state index in [1.807, 2.05) is 13.0 Å². The number of amidine groups is 1. The van der Waals surface area contributed by atoms with Gasteiger partial charge >= 0.3 is 11.9 Å². The van der Waals surface area contributed by atoms with E-state index in [2.05, 4.69) is 15.3 Å². The maximum atomic E-state index is 12.8. The van der Waals surface area contributed by atoms with E-state index in [-0.39, 0.29) is 53.9 Å². The lowest BCUT2D eigenvalue weighted by molar-refractivity contribution is -0.162. The average molecular weight is 601 g/mol. The number of nitrogens with two attached hydrogens (primary N) is 1. The number of hydrogen-bond donors (Lipinski definition) is 5. The van der Waals surface area contributed by atoms with Crippen LogP contribution in [0.4, 0.5) is 0 Å². The zero-order valence-corrected chi connectivity index (χ0v) is 25.3. The summed E-state index contributed by atoms with van der Waals surface area (Å²) in [5, 5.41) is 31.9. The summed E-state index contributed by atoms with van der Waals surface area (Å²) in [7, 11) is 0. The third-order valence-corrected chi connectivity index (χ3v) is 8.27. The monoisotopic (exact) mass is 600 g/mol. The molecule has 3 rings (SSSR count). The van der Waals surface area contributed by atoms with Gasteiger partial charge in [0.05, 0.1) is 11.4 Å². The molecule has 1 saturated carbocycles. The molecule has 0 unspecified atom stereocenters. The minimum Gasteiger partial charge on any atom is -0.463 e. The number of amides is 1. The number of hydrogen-bond acceptors (Lipinski definition) is 10. The van der Waals surface area contributed by atoms with Crippen LogP contribution in [-0.4, -0.2) is 71.1 Å². The van der Waals surface area contributed by atoms with Crippen LogP contribution in [0.2, 0.25) is 0 Å². The number of ether oxygens (including phenoxy) is 3. The Morgan fingerprint density at radius 2 is 2.00 bits per heavy atom. The van der Waals surface area contributed by atoms with E-state index in [0.717, 1.165) is 38.4 Å². The zero-order valence-electron chi connectivity index (χ0n) is 25.3. The van der Waals surface area contributed by atoms with Crippen LogP contribution in [0, 0.1) is 34.5 Å². The maximum absolute atomic E-state index is 12.8. The van der Waals surface area contributed by atoms with Crippen molar-refractivity contribution in [1.82, 2.24) is 10.3 Å². The Morgan fingerprint density at radius 1 is 1.30 bits per heavy atom. The largest absolute Gasteiger partial charge is 0.463 e. The number of aliphatic hydroxyl groups excluding tert-OH is 1. The molecular formula is C30H44N6O7. The molecule has 13 heteroatoms. The summed E-state index contributed by atoms with van der Waals surface area (Å²) in [4.78, 5) is 44.9. The summed E-state index contributed by atoms with van der Waals surface area (Å²) in [5.74, 6) is -1.85. The standard InChI is InChI=1S/C30H44N6O7/c1-5-18(4)28(39)36-27(34-16-32)20-11-12-22(35-20)30(15-31)26(38)25(42-29(40)24(33)17(2)3)21(43-30)14-41-23(37)13-19-9-7-6-8-10-19/h11-12,16-19,21,24-26,35,38H,5-10,13-14,33H2,1-4H3,(H2,32,34,36,39)/t18-,21-,24+,25-,26-,30+/m1/s1. The number of aromatic amines is 1. The predicted molar refractivity (Wildman–Crippen MR) is 157 cm³/mol. The van der Waals surface area contributed by atoms with Gasteiger partial charge in [-0.2, -0.15) is 5.26 Å². The van der Waals surface area contributed by atoms with E-state index >= 15 is 0 Å². The van der Waals surface area contributed by atoms with Crippen LogP contribution in [-0.2, 0) is 34.2 Å². The molecule has 2 aliphatic rings. The summed E-state index contributed by atoms with van der Waals surface area (Å²) in [6, 6.07) is 3.98. The van der Waals surface area contributed by atoms with Crippen LogP contribution in [0.3, 0.4) is 0 Å². The normalized spacial score (nSPS) is 25.9. The van der Waals surface area contributed by atoms with Crippen LogP contribution >= 0.6 is 0 Å². The van der Waals surface area contributed by atoms with Crippen LogP contribution in [0.5, 0.6) is 0 Å². The van der Waals surface area contributed by atoms with Crippen LogP contribution < -0.4 is 11.1 Å². The molecular weight excluding hydrogens is 556 g/mol. The Kier molecular flexibility index (Phi) is 12.0. The van der Waals surface area contributed by atoms with Crippen LogP contribution in [0.25, 0.3) is 0 Å². The molecule has 13 nitrogen and oxygen atoms in total. The van der Waals surface area contributed by atoms with Crippen molar-refractivity contribution in [2.24, 2.45) is 28.5 Å². The molecule has 1 amide bonds. The number of H-pyrrole nitrogens is 1. The number of carbonyl (C=O) groups excluding carboxylic acids is 3. The Balaban J connectivity index is 1.87. The number of nitrogens with one attached hydrogen (secondary N) is 3. The van der Waals surface area contributed by atoms with Gasteiger partial charge in [0.2, 0.25) is 11.5 Å². The van der Waals surface area contributed by atoms with Gasteiger partial charge in [0.25, 0.3) is 0 Å². The highest BCUT2D eigenvalue weighted by Crippen LogP contribution is 2.41. The SMILES string of the molecule is CC[C@@H](C)C(=O)NC(=NC=N)c1ccc([C@]2(C#N)O[C@H](COC(=O)CC3CCCCC3)[C@@H](OC(=O)[C@@H](N)C(C)C)[C@H]2O)[nH]1. The van der Waals surface area contributed by atoms with E-state index in [0.29, 0.717) is 6.42 Å². The van der Waals surface area contributed by atoms with Crippen molar-refractivity contribution in [3.63, 3.8) is 0 Å². The minimum atomic E-state index is -2.07. The first-order valence-corrected chi connectivity index (χ1v) is 14.9. The van der Waals surface area contributed by atoms with E-state index in [4.69, 9.17) is 25.4 Å². The van der Waals surface area contributed by atoms with Crippen molar-refractivity contribution < 1.29 is 33.7 Å². The highest BCUT2D eigenvalue weighted by molar-refractivity contribution is 6.09. The highest BCUT2D eigenvalue weighted by Gasteiger charge is 2.59. The lowest BCUT2D eigenvalue weighted by Crippen LogP contribution is -2.46. The molecule has 0 radical (unpaired) electrons. The predicted octanol–water partition coefficient (Wildman–Crippen LogP) is 2.42. The van der Waals surface area contributed by atoms with Gasteiger partial charge in [-0.05, 0) is 43.2 Å². The lowest BCUT2D eigenvalue weighted by atomic mass is 9.87. The van der Waals surface area contributed by atoms with Gasteiger partial charge < -0.3 is 35.4 Å². The van der Waals surface area contributed by atoms with E-state index in [1.165, 1.54) is 12.1 Å². The number of aliphatic hydroxyl groups is 1. The number of aliphatic imine (C=N–C) groups is 1. The fourth-order valence-electron chi connectivity index (χ4n) is 5.21. The molecule has 0 spiro atoms. The number of aromatic nitrogens is 1. The topological polar surface area (TPSA) is 213 Å². The highest BCUT2D eigenvalue weighted by atomic mass is 16.6. The average Bonchev–Trinajstić information content (AvgIpc) is 3.59. The zero-order chi connectivity index (χ0) is 31.7. The third-order valence-electron chi connectivity index (χ3n) is 8.27. The lowest BCUT2D eigenvalue weighted by Gasteiger charge is -2.25. The van der Waals surface area contributed by atoms with Gasteiger partial charge in [0.15, 0.2) is 11.9 Å². The number of nitrogens with zero attached hydrogens (tertiary/aromatic N) is 2. The molecule has 6 atom stereocenters. The fourth-order valence-corrected chi connectivity index (χ4v) is 5.21. The summed E-state index contributed by atoms with van der Waals surface area (Å²) >= 11 is 0. The molecule has 1 aliphatic carbocycles. The second-order valence-corrected chi connectivity index (χ2v) is 11.7. The molecule has 1 aromatic heterocycles. The second kappa shape index (κ2) is 15.2. The van der Waals surface area contributed by atoms with E-state index < -0.39 is 41.9 Å². The Labute approximate surface area is 252 Å². The first-order valence-electron chi connectivity index (χ1n) is 14.9. The van der Waals surface area contributed by atoms with Gasteiger partial charge in [-0.3, -0.25) is 19.8 Å². The van der Waals surface area contributed by atoms with Crippen molar-refractivity contribution in [3.05, 3.63) is 23.5 Å². The Bertz CT molecular complexity index is 1220. The number of carbonyl (C=O) groups is 3. The van der Waals surface area contributed by atoms with E-state index in [9.17, 15) is 24.8 Å². The number of rotatable bonds is 12. The molecule has 2 heterocycles. The quantitative estimate of drug-likeness (QED) is 0.135. The van der Waals surface area contributed by atoms with Crippen molar-refractivity contribution in [3.8, 4) is 6.07 Å². The summed E-state index contributed by atoms with van der Waals surface area (Å²) in [5.41, 5.74) is 4.25. The van der Waals surface area contributed by atoms with Crippen LogP contribution in [0.15, 0.2) is 17.1 Å². The smallest absolute Gasteiger partial charge is 0.323 e.